The van der Waals surface area contributed by atoms with Crippen LogP contribution in [-0.4, -0.2) is 36.8 Å². The smallest absolute Gasteiger partial charge is 0.179 e. The van der Waals surface area contributed by atoms with Gasteiger partial charge in [0.1, 0.15) is 29.3 Å². The highest BCUT2D eigenvalue weighted by molar-refractivity contribution is 5.99. The van der Waals surface area contributed by atoms with E-state index in [-0.39, 0.29) is 17.5 Å². The van der Waals surface area contributed by atoms with Gasteiger partial charge in [-0.3, -0.25) is 0 Å². The van der Waals surface area contributed by atoms with E-state index in [4.69, 9.17) is 15.5 Å². The Kier molecular flexibility index (Phi) is 5.33. The minimum Gasteiger partial charge on any atom is -0.384 e. The highest BCUT2D eigenvalue weighted by Gasteiger charge is 2.28. The van der Waals surface area contributed by atoms with Gasteiger partial charge in [-0.2, -0.15) is 10.5 Å². The fourth-order valence-corrected chi connectivity index (χ4v) is 4.90. The summed E-state index contributed by atoms with van der Waals surface area (Å²) >= 11 is 0. The van der Waals surface area contributed by atoms with Gasteiger partial charge >= 0.3 is 0 Å². The number of nitriles is 2. The summed E-state index contributed by atoms with van der Waals surface area (Å²) in [6, 6.07) is 22.0. The number of rotatable bonds is 5. The average Bonchev–Trinajstić information content (AvgIpc) is 3.62. The molecule has 0 aliphatic carbocycles. The van der Waals surface area contributed by atoms with Crippen LogP contribution in [0.4, 0.5) is 5.82 Å². The van der Waals surface area contributed by atoms with E-state index in [1.54, 1.807) is 0 Å². The third-order valence-electron chi connectivity index (χ3n) is 6.60. The highest BCUT2D eigenvalue weighted by atomic mass is 16.5. The minimum absolute atomic E-state index is 0.0122. The first-order valence-electron chi connectivity index (χ1n) is 11.8. The lowest BCUT2D eigenvalue weighted by Gasteiger charge is -2.13. The molecule has 0 spiro atoms. The van der Waals surface area contributed by atoms with Gasteiger partial charge in [-0.25, -0.2) is 15.0 Å². The summed E-state index contributed by atoms with van der Waals surface area (Å²) in [6.07, 6.45) is 1.88. The number of para-hydroxylation sites is 2. The van der Waals surface area contributed by atoms with Crippen molar-refractivity contribution in [2.45, 2.75) is 32.0 Å². The number of nitrogen functional groups attached to an aromatic ring is 1. The van der Waals surface area contributed by atoms with E-state index in [0.717, 1.165) is 29.4 Å². The first kappa shape index (κ1) is 21.8. The second-order valence-corrected chi connectivity index (χ2v) is 8.82. The Hall–Kier alpha value is -4.73. The molecule has 2 aromatic carbocycles. The van der Waals surface area contributed by atoms with Crippen LogP contribution >= 0.6 is 0 Å². The molecule has 176 valence electrons. The number of anilines is 1. The fraction of sp³-hybridized carbons (Fsp3) is 0.222. The Morgan fingerprint density at radius 3 is 2.44 bits per heavy atom. The molecule has 6 rings (SSSR count). The van der Waals surface area contributed by atoms with E-state index in [1.807, 2.05) is 59.2 Å². The molecule has 2 N–H and O–H groups in total. The molecule has 5 aromatic rings. The summed E-state index contributed by atoms with van der Waals surface area (Å²) in [5.41, 5.74) is 11.1. The normalized spacial score (nSPS) is 15.3. The Morgan fingerprint density at radius 1 is 0.944 bits per heavy atom. The van der Waals surface area contributed by atoms with E-state index >= 15 is 0 Å². The van der Waals surface area contributed by atoms with E-state index in [2.05, 4.69) is 26.7 Å². The number of nitrogens with zero attached hydrogens (tertiary/aromatic N) is 7. The van der Waals surface area contributed by atoms with E-state index < -0.39 is 0 Å². The molecule has 3 aromatic heterocycles. The zero-order valence-corrected chi connectivity index (χ0v) is 19.4. The molecule has 9 heteroatoms. The van der Waals surface area contributed by atoms with Gasteiger partial charge in [0, 0.05) is 13.2 Å². The van der Waals surface area contributed by atoms with E-state index in [0.29, 0.717) is 48.1 Å². The highest BCUT2D eigenvalue weighted by Crippen LogP contribution is 2.38. The molecule has 0 amide bonds. The first-order chi connectivity index (χ1) is 17.7. The summed E-state index contributed by atoms with van der Waals surface area (Å²) in [6.45, 7) is 1.76. The summed E-state index contributed by atoms with van der Waals surface area (Å²) in [5.74, 6) is 1.07. The predicted octanol–water partition coefficient (Wildman–Crippen LogP) is 4.00. The number of ether oxygens (including phenoxy) is 1. The van der Waals surface area contributed by atoms with Gasteiger partial charge in [-0.1, -0.05) is 42.5 Å². The van der Waals surface area contributed by atoms with Crippen LogP contribution in [0, 0.1) is 22.7 Å². The third kappa shape index (κ3) is 3.54. The summed E-state index contributed by atoms with van der Waals surface area (Å²) in [5, 5.41) is 19.3. The van der Waals surface area contributed by atoms with Gasteiger partial charge in [0.15, 0.2) is 17.0 Å². The summed E-state index contributed by atoms with van der Waals surface area (Å²) in [7, 11) is 0. The molecule has 0 unspecified atom stereocenters. The Balaban J connectivity index is 1.63. The molecule has 1 fully saturated rings. The number of nitrogens with two attached hydrogens (primary N) is 1. The number of hydrogen-bond donors (Lipinski definition) is 1. The zero-order chi connectivity index (χ0) is 24.6. The van der Waals surface area contributed by atoms with Gasteiger partial charge < -0.3 is 19.6 Å². The van der Waals surface area contributed by atoms with Crippen molar-refractivity contribution in [1.29, 1.82) is 10.5 Å². The first-order valence-corrected chi connectivity index (χ1v) is 11.8. The molecule has 1 saturated heterocycles. The number of imidazole rings is 1. The molecule has 0 radical (unpaired) electrons. The summed E-state index contributed by atoms with van der Waals surface area (Å²) < 4.78 is 9.82. The van der Waals surface area contributed by atoms with Crippen molar-refractivity contribution >= 4 is 28.0 Å². The summed E-state index contributed by atoms with van der Waals surface area (Å²) in [4.78, 5) is 14.1. The van der Waals surface area contributed by atoms with Crippen molar-refractivity contribution < 1.29 is 4.74 Å². The monoisotopic (exact) mass is 474 g/mol. The molecule has 4 heterocycles. The Bertz CT molecular complexity index is 1680. The lowest BCUT2D eigenvalue weighted by Crippen LogP contribution is -2.17. The van der Waals surface area contributed by atoms with Gasteiger partial charge in [0.2, 0.25) is 0 Å². The molecular formula is C27H22N8O. The molecular weight excluding hydrogens is 452 g/mol. The van der Waals surface area contributed by atoms with Crippen LogP contribution in [0.1, 0.15) is 29.8 Å². The molecule has 1 atom stereocenters. The fourth-order valence-electron chi connectivity index (χ4n) is 4.90. The maximum Gasteiger partial charge on any atom is 0.179 e. The molecule has 9 nitrogen and oxygen atoms in total. The van der Waals surface area contributed by atoms with Crippen molar-refractivity contribution in [3.63, 3.8) is 0 Å². The van der Waals surface area contributed by atoms with Crippen LogP contribution in [0.25, 0.3) is 33.6 Å². The molecule has 1 aliphatic rings. The predicted molar refractivity (Wildman–Crippen MR) is 135 cm³/mol. The maximum atomic E-state index is 9.66. The molecule has 0 saturated carbocycles. The van der Waals surface area contributed by atoms with Gasteiger partial charge in [-0.15, -0.1) is 0 Å². The van der Waals surface area contributed by atoms with Crippen molar-refractivity contribution in [2.24, 2.45) is 0 Å². The second-order valence-electron chi connectivity index (χ2n) is 8.82. The Labute approximate surface area is 207 Å². The largest absolute Gasteiger partial charge is 0.384 e. The van der Waals surface area contributed by atoms with Crippen molar-refractivity contribution in [3.05, 3.63) is 71.5 Å². The van der Waals surface area contributed by atoms with Crippen molar-refractivity contribution in [1.82, 2.24) is 24.1 Å². The molecule has 0 bridgehead atoms. The van der Waals surface area contributed by atoms with Gasteiger partial charge in [0.25, 0.3) is 0 Å². The standard InChI is InChI=1S/C27H22N8O/c28-13-20-21(14-29)33-27-24(31-20)23(25(30)35(27)16-18-9-6-12-36-18)26-32-19-10-4-5-11-22(19)34(26)15-17-7-2-1-3-8-17/h1-5,7-8,10-11,18H,6,9,12,15-16,30H2/t18-/m0/s1. The van der Waals surface area contributed by atoms with Crippen LogP contribution in [0.2, 0.25) is 0 Å². The van der Waals surface area contributed by atoms with Crippen LogP contribution < -0.4 is 5.73 Å². The van der Waals surface area contributed by atoms with E-state index in [9.17, 15) is 10.5 Å². The molecule has 36 heavy (non-hydrogen) atoms. The van der Waals surface area contributed by atoms with E-state index in [1.165, 1.54) is 0 Å². The number of hydrogen-bond acceptors (Lipinski definition) is 7. The van der Waals surface area contributed by atoms with Gasteiger partial charge in [-0.05, 0) is 30.5 Å². The average molecular weight is 475 g/mol. The second kappa shape index (κ2) is 8.81. The zero-order valence-electron chi connectivity index (χ0n) is 19.4. The van der Waals surface area contributed by atoms with Crippen LogP contribution in [0.3, 0.4) is 0 Å². The lowest BCUT2D eigenvalue weighted by atomic mass is 10.2. The SMILES string of the molecule is N#Cc1nc2c(-c3nc4ccccc4n3Cc3ccccc3)c(N)n(C[C@@H]3CCCO3)c2nc1C#N. The van der Waals surface area contributed by atoms with Crippen LogP contribution in [0.15, 0.2) is 54.6 Å². The number of benzene rings is 2. The lowest BCUT2D eigenvalue weighted by molar-refractivity contribution is 0.0983. The van der Waals surface area contributed by atoms with Gasteiger partial charge in [0.05, 0.1) is 29.2 Å². The quantitative estimate of drug-likeness (QED) is 0.407. The van der Waals surface area contributed by atoms with Crippen molar-refractivity contribution in [3.8, 4) is 23.5 Å². The number of aromatic nitrogens is 5. The van der Waals surface area contributed by atoms with Crippen LogP contribution in [-0.2, 0) is 17.8 Å². The van der Waals surface area contributed by atoms with Crippen molar-refractivity contribution in [2.75, 3.05) is 12.3 Å². The number of fused-ring (bicyclic) bond motifs is 2. The third-order valence-corrected chi connectivity index (χ3v) is 6.60. The maximum absolute atomic E-state index is 9.66. The molecule has 1 aliphatic heterocycles. The minimum atomic E-state index is -0.0359. The Morgan fingerprint density at radius 2 is 1.69 bits per heavy atom. The van der Waals surface area contributed by atoms with Crippen LogP contribution in [0.5, 0.6) is 0 Å². The topological polar surface area (TPSA) is 131 Å².